The van der Waals surface area contributed by atoms with Crippen LogP contribution < -0.4 is 10.1 Å². The minimum absolute atomic E-state index is 0.114. The summed E-state index contributed by atoms with van der Waals surface area (Å²) < 4.78 is 5.91. The Balaban J connectivity index is 1.34. The maximum Gasteiger partial charge on any atom is 0.235 e. The largest absolute Gasteiger partial charge is 0.492 e. The molecule has 0 radical (unpaired) electrons. The Morgan fingerprint density at radius 1 is 0.933 bits per heavy atom. The molecule has 2 fully saturated rings. The van der Waals surface area contributed by atoms with Crippen molar-refractivity contribution in [1.82, 2.24) is 4.90 Å². The highest BCUT2D eigenvalue weighted by atomic mass is 16.5. The lowest BCUT2D eigenvalue weighted by Gasteiger charge is -2.28. The van der Waals surface area contributed by atoms with E-state index in [1.54, 1.807) is 0 Å². The Hall–Kier alpha value is -2.33. The zero-order valence-corrected chi connectivity index (χ0v) is 18.2. The quantitative estimate of drug-likeness (QED) is 0.677. The number of nitrogens with one attached hydrogen (secondary N) is 1. The third kappa shape index (κ3) is 4.86. The number of anilines is 1. The van der Waals surface area contributed by atoms with E-state index < -0.39 is 5.41 Å². The molecule has 2 aliphatic rings. The number of aryl methyl sites for hydroxylation is 1. The van der Waals surface area contributed by atoms with E-state index in [4.69, 9.17) is 4.74 Å². The van der Waals surface area contributed by atoms with Gasteiger partial charge in [0.05, 0.1) is 5.41 Å². The van der Waals surface area contributed by atoms with Crippen LogP contribution in [0.2, 0.25) is 0 Å². The summed E-state index contributed by atoms with van der Waals surface area (Å²) in [6.07, 6.45) is 8.00. The minimum atomic E-state index is -0.405. The third-order valence-corrected chi connectivity index (χ3v) is 6.73. The molecule has 1 saturated heterocycles. The lowest BCUT2D eigenvalue weighted by atomic mass is 9.77. The third-order valence-electron chi connectivity index (χ3n) is 6.73. The van der Waals surface area contributed by atoms with Crippen molar-refractivity contribution >= 4 is 11.6 Å². The van der Waals surface area contributed by atoms with Crippen LogP contribution in [0.3, 0.4) is 0 Å². The van der Waals surface area contributed by atoms with Crippen molar-refractivity contribution in [2.75, 3.05) is 31.6 Å². The standard InChI is InChI=1S/C26H34N2O2/c1-21-7-9-22(10-8-21)26(15-3-4-16-26)25(29)27-23-11-13-24(14-12-23)30-20-19-28-17-5-2-6-18-28/h7-14H,2-6,15-20H2,1H3,(H,27,29). The summed E-state index contributed by atoms with van der Waals surface area (Å²) in [6.45, 7) is 6.16. The first-order valence-corrected chi connectivity index (χ1v) is 11.5. The van der Waals surface area contributed by atoms with E-state index in [9.17, 15) is 4.79 Å². The molecule has 4 heteroatoms. The van der Waals surface area contributed by atoms with Gasteiger partial charge in [0.25, 0.3) is 0 Å². The van der Waals surface area contributed by atoms with Crippen LogP contribution >= 0.6 is 0 Å². The second-order valence-electron chi connectivity index (χ2n) is 8.88. The van der Waals surface area contributed by atoms with Gasteiger partial charge in [0, 0.05) is 12.2 Å². The molecule has 2 aromatic carbocycles. The van der Waals surface area contributed by atoms with E-state index in [1.807, 2.05) is 24.3 Å². The second-order valence-corrected chi connectivity index (χ2v) is 8.88. The molecule has 30 heavy (non-hydrogen) atoms. The lowest BCUT2D eigenvalue weighted by molar-refractivity contribution is -0.121. The Bertz CT molecular complexity index is 817. The van der Waals surface area contributed by atoms with Crippen LogP contribution in [0.15, 0.2) is 48.5 Å². The van der Waals surface area contributed by atoms with Gasteiger partial charge in [0.1, 0.15) is 12.4 Å². The van der Waals surface area contributed by atoms with Gasteiger partial charge < -0.3 is 10.1 Å². The van der Waals surface area contributed by atoms with Crippen molar-refractivity contribution in [2.45, 2.75) is 57.3 Å². The fourth-order valence-electron chi connectivity index (χ4n) is 4.86. The number of carbonyl (C=O) groups is 1. The Labute approximate surface area is 180 Å². The van der Waals surface area contributed by atoms with Crippen LogP contribution in [0.5, 0.6) is 5.75 Å². The molecule has 1 saturated carbocycles. The van der Waals surface area contributed by atoms with Gasteiger partial charge in [0.15, 0.2) is 0 Å². The predicted octanol–water partition coefficient (Wildman–Crippen LogP) is 5.31. The van der Waals surface area contributed by atoms with Gasteiger partial charge in [-0.15, -0.1) is 0 Å². The summed E-state index contributed by atoms with van der Waals surface area (Å²) in [6, 6.07) is 16.3. The van der Waals surface area contributed by atoms with Gasteiger partial charge in [-0.05, 0) is 75.5 Å². The highest BCUT2D eigenvalue weighted by Gasteiger charge is 2.42. The van der Waals surface area contributed by atoms with Gasteiger partial charge >= 0.3 is 0 Å². The topological polar surface area (TPSA) is 41.6 Å². The highest BCUT2D eigenvalue weighted by molar-refractivity contribution is 5.99. The maximum atomic E-state index is 13.3. The number of piperidine rings is 1. The second kappa shape index (κ2) is 9.65. The number of hydrogen-bond acceptors (Lipinski definition) is 3. The van der Waals surface area contributed by atoms with Gasteiger partial charge in [0.2, 0.25) is 5.91 Å². The minimum Gasteiger partial charge on any atom is -0.492 e. The molecule has 0 unspecified atom stereocenters. The maximum absolute atomic E-state index is 13.3. The number of hydrogen-bond donors (Lipinski definition) is 1. The van der Waals surface area contributed by atoms with E-state index in [2.05, 4.69) is 41.4 Å². The zero-order chi connectivity index (χ0) is 20.8. The molecule has 0 atom stereocenters. The summed E-state index contributed by atoms with van der Waals surface area (Å²) in [7, 11) is 0. The van der Waals surface area contributed by atoms with Crippen LogP contribution in [0.1, 0.15) is 56.1 Å². The number of amides is 1. The Morgan fingerprint density at radius 3 is 2.27 bits per heavy atom. The molecule has 0 aromatic heterocycles. The predicted molar refractivity (Wildman–Crippen MR) is 122 cm³/mol. The van der Waals surface area contributed by atoms with Crippen LogP contribution in [0, 0.1) is 6.92 Å². The van der Waals surface area contributed by atoms with Crippen molar-refractivity contribution in [3.63, 3.8) is 0 Å². The van der Waals surface area contributed by atoms with E-state index in [0.717, 1.165) is 49.2 Å². The molecule has 1 heterocycles. The fraction of sp³-hybridized carbons (Fsp3) is 0.500. The normalized spacial score (nSPS) is 18.8. The number of carbonyl (C=O) groups excluding carboxylic acids is 1. The zero-order valence-electron chi connectivity index (χ0n) is 18.2. The van der Waals surface area contributed by atoms with Crippen molar-refractivity contribution in [3.8, 4) is 5.75 Å². The van der Waals surface area contributed by atoms with Crippen LogP contribution in [-0.2, 0) is 10.2 Å². The molecule has 4 rings (SSSR count). The van der Waals surface area contributed by atoms with Gasteiger partial charge in [-0.25, -0.2) is 0 Å². The van der Waals surface area contributed by atoms with Crippen molar-refractivity contribution < 1.29 is 9.53 Å². The molecule has 160 valence electrons. The van der Waals surface area contributed by atoms with Gasteiger partial charge in [-0.1, -0.05) is 49.1 Å². The molecule has 1 aliphatic carbocycles. The summed E-state index contributed by atoms with van der Waals surface area (Å²) in [5, 5.41) is 3.17. The van der Waals surface area contributed by atoms with E-state index in [0.29, 0.717) is 6.61 Å². The van der Waals surface area contributed by atoms with E-state index in [1.165, 1.54) is 37.9 Å². The first-order valence-electron chi connectivity index (χ1n) is 11.5. The summed E-state index contributed by atoms with van der Waals surface area (Å²) in [5.41, 5.74) is 2.79. The fourth-order valence-corrected chi connectivity index (χ4v) is 4.86. The van der Waals surface area contributed by atoms with Crippen molar-refractivity contribution in [1.29, 1.82) is 0 Å². The SMILES string of the molecule is Cc1ccc(C2(C(=O)Nc3ccc(OCCN4CCCCC4)cc3)CCCC2)cc1. The summed E-state index contributed by atoms with van der Waals surface area (Å²) in [4.78, 5) is 15.8. The van der Waals surface area contributed by atoms with Crippen molar-refractivity contribution in [3.05, 3.63) is 59.7 Å². The number of benzene rings is 2. The summed E-state index contributed by atoms with van der Waals surface area (Å²) in [5.74, 6) is 0.974. The monoisotopic (exact) mass is 406 g/mol. The van der Waals surface area contributed by atoms with Crippen molar-refractivity contribution in [2.24, 2.45) is 0 Å². The lowest BCUT2D eigenvalue weighted by Crippen LogP contribution is -2.38. The Kier molecular flexibility index (Phi) is 6.73. The smallest absolute Gasteiger partial charge is 0.235 e. The molecule has 0 spiro atoms. The molecule has 4 nitrogen and oxygen atoms in total. The average molecular weight is 407 g/mol. The van der Waals surface area contributed by atoms with Crippen LogP contribution in [0.25, 0.3) is 0 Å². The van der Waals surface area contributed by atoms with E-state index in [-0.39, 0.29) is 5.91 Å². The van der Waals surface area contributed by atoms with Crippen LogP contribution in [0.4, 0.5) is 5.69 Å². The summed E-state index contributed by atoms with van der Waals surface area (Å²) >= 11 is 0. The van der Waals surface area contributed by atoms with Crippen LogP contribution in [-0.4, -0.2) is 37.0 Å². The number of likely N-dealkylation sites (tertiary alicyclic amines) is 1. The molecule has 1 N–H and O–H groups in total. The Morgan fingerprint density at radius 2 is 1.60 bits per heavy atom. The average Bonchev–Trinajstić information content (AvgIpc) is 3.28. The molecular formula is C26H34N2O2. The molecule has 2 aromatic rings. The molecule has 0 bridgehead atoms. The van der Waals surface area contributed by atoms with E-state index >= 15 is 0 Å². The first kappa shape index (κ1) is 20.9. The van der Waals surface area contributed by atoms with Gasteiger partial charge in [-0.2, -0.15) is 0 Å². The number of ether oxygens (including phenoxy) is 1. The number of rotatable bonds is 7. The molecule has 1 amide bonds. The first-order chi connectivity index (χ1) is 14.7. The van der Waals surface area contributed by atoms with Gasteiger partial charge in [-0.3, -0.25) is 9.69 Å². The number of nitrogens with zero attached hydrogens (tertiary/aromatic N) is 1. The molecule has 1 aliphatic heterocycles. The highest BCUT2D eigenvalue weighted by Crippen LogP contribution is 2.42. The molecular weight excluding hydrogens is 372 g/mol.